The van der Waals surface area contributed by atoms with Crippen molar-refractivity contribution in [2.75, 3.05) is 12.1 Å². The van der Waals surface area contributed by atoms with E-state index in [0.29, 0.717) is 11.4 Å². The summed E-state index contributed by atoms with van der Waals surface area (Å²) in [5.74, 6) is -2.24. The molecular weight excluding hydrogens is 442 g/mol. The van der Waals surface area contributed by atoms with Crippen LogP contribution in [0.4, 0.5) is 11.4 Å². The van der Waals surface area contributed by atoms with Crippen molar-refractivity contribution in [3.63, 3.8) is 0 Å². The highest BCUT2D eigenvalue weighted by atomic mass is 16.6. The van der Waals surface area contributed by atoms with E-state index in [1.165, 1.54) is 31.4 Å². The number of carbonyl (C=O) groups is 3. The van der Waals surface area contributed by atoms with E-state index in [1.54, 1.807) is 42.5 Å². The zero-order valence-electron chi connectivity index (χ0n) is 17.8. The smallest absolute Gasteiger partial charge is 0.343 e. The monoisotopic (exact) mass is 459 g/mol. The average molecular weight is 459 g/mol. The Labute approximate surface area is 193 Å². The minimum absolute atomic E-state index is 0.0128. The summed E-state index contributed by atoms with van der Waals surface area (Å²) in [5, 5.41) is 12.7. The third-order valence-corrected chi connectivity index (χ3v) is 4.93. The second kappa shape index (κ2) is 9.25. The summed E-state index contributed by atoms with van der Waals surface area (Å²) >= 11 is 0. The zero-order valence-corrected chi connectivity index (χ0v) is 17.8. The van der Waals surface area contributed by atoms with Crippen LogP contribution in [0.1, 0.15) is 15.9 Å². The van der Waals surface area contributed by atoms with Crippen LogP contribution in [-0.4, -0.2) is 29.8 Å². The second-order valence-corrected chi connectivity index (χ2v) is 7.05. The highest BCUT2D eigenvalue weighted by molar-refractivity contribution is 6.31. The van der Waals surface area contributed by atoms with Gasteiger partial charge in [0.1, 0.15) is 11.3 Å². The lowest BCUT2D eigenvalue weighted by atomic mass is 10.1. The minimum Gasteiger partial charge on any atom is -0.497 e. The number of nitro benzene ring substituents is 1. The lowest BCUT2D eigenvalue weighted by Gasteiger charge is -2.14. The number of para-hydroxylation sites is 2. The predicted octanol–water partition coefficient (Wildman–Crippen LogP) is 3.28. The number of nitrogens with one attached hydrogen (secondary N) is 1. The Hall–Kier alpha value is -4.99. The third kappa shape index (κ3) is 4.32. The van der Waals surface area contributed by atoms with Crippen molar-refractivity contribution in [1.29, 1.82) is 0 Å². The molecule has 1 aliphatic heterocycles. The molecule has 170 valence electrons. The lowest BCUT2D eigenvalue weighted by molar-refractivity contribution is -0.385. The molecule has 0 unspecified atom stereocenters. The van der Waals surface area contributed by atoms with Crippen LogP contribution in [0.3, 0.4) is 0 Å². The molecule has 4 rings (SSSR count). The Morgan fingerprint density at radius 1 is 1.03 bits per heavy atom. The molecule has 0 aromatic heterocycles. The van der Waals surface area contributed by atoms with Gasteiger partial charge in [0.05, 0.1) is 23.3 Å². The van der Waals surface area contributed by atoms with Gasteiger partial charge in [-0.1, -0.05) is 36.4 Å². The molecule has 3 aromatic carbocycles. The molecule has 1 saturated heterocycles. The Morgan fingerprint density at radius 2 is 1.76 bits per heavy atom. The molecule has 1 N–H and O–H groups in total. The van der Waals surface area contributed by atoms with E-state index < -0.39 is 34.1 Å². The first kappa shape index (κ1) is 22.2. The predicted molar refractivity (Wildman–Crippen MR) is 121 cm³/mol. The first-order valence-electron chi connectivity index (χ1n) is 9.95. The van der Waals surface area contributed by atoms with Gasteiger partial charge in [-0.25, -0.2) is 9.80 Å². The maximum Gasteiger partial charge on any atom is 0.343 e. The number of benzene rings is 3. The van der Waals surface area contributed by atoms with Crippen molar-refractivity contribution < 1.29 is 28.8 Å². The molecule has 10 nitrogen and oxygen atoms in total. The number of nitro groups is 1. The summed E-state index contributed by atoms with van der Waals surface area (Å²) in [5.41, 5.74) is 2.22. The largest absolute Gasteiger partial charge is 0.497 e. The molecule has 34 heavy (non-hydrogen) atoms. The molecule has 1 aliphatic rings. The quantitative estimate of drug-likeness (QED) is 0.150. The Bertz CT molecular complexity index is 1340. The van der Waals surface area contributed by atoms with Gasteiger partial charge < -0.3 is 9.47 Å². The average Bonchev–Trinajstić information content (AvgIpc) is 3.13. The summed E-state index contributed by atoms with van der Waals surface area (Å²) in [4.78, 5) is 49.0. The second-order valence-electron chi connectivity index (χ2n) is 7.05. The van der Waals surface area contributed by atoms with Crippen molar-refractivity contribution in [2.24, 2.45) is 0 Å². The van der Waals surface area contributed by atoms with E-state index in [0.717, 1.165) is 17.2 Å². The SMILES string of the molecule is COc1cccc(C(=O)Oc2c(/C=C3/C(=O)NN(c4ccccc4)C3=O)cccc2[N+](=O)[O-])c1. The first-order valence-corrected chi connectivity index (χ1v) is 9.95. The number of methoxy groups -OCH3 is 1. The number of rotatable bonds is 6. The van der Waals surface area contributed by atoms with Crippen LogP contribution >= 0.6 is 0 Å². The van der Waals surface area contributed by atoms with Crippen molar-refractivity contribution in [3.8, 4) is 11.5 Å². The van der Waals surface area contributed by atoms with E-state index in [1.807, 2.05) is 0 Å². The van der Waals surface area contributed by atoms with Crippen LogP contribution in [0.2, 0.25) is 0 Å². The molecule has 0 spiro atoms. The maximum atomic E-state index is 12.9. The number of hydrogen-bond acceptors (Lipinski definition) is 7. The normalized spacial score (nSPS) is 14.1. The Morgan fingerprint density at radius 3 is 2.47 bits per heavy atom. The van der Waals surface area contributed by atoms with Crippen molar-refractivity contribution in [1.82, 2.24) is 5.43 Å². The fourth-order valence-electron chi connectivity index (χ4n) is 3.28. The molecule has 0 radical (unpaired) electrons. The van der Waals surface area contributed by atoms with Crippen molar-refractivity contribution >= 4 is 35.2 Å². The molecule has 3 aromatic rings. The van der Waals surface area contributed by atoms with Gasteiger partial charge in [0, 0.05) is 11.6 Å². The topological polar surface area (TPSA) is 128 Å². The van der Waals surface area contributed by atoms with Gasteiger partial charge >= 0.3 is 11.7 Å². The van der Waals surface area contributed by atoms with Crippen LogP contribution in [0.5, 0.6) is 11.5 Å². The van der Waals surface area contributed by atoms with Crippen molar-refractivity contribution in [3.05, 3.63) is 99.6 Å². The fraction of sp³-hybridized carbons (Fsp3) is 0.0417. The zero-order chi connectivity index (χ0) is 24.2. The molecule has 0 aliphatic carbocycles. The van der Waals surface area contributed by atoms with Crippen LogP contribution < -0.4 is 19.9 Å². The molecule has 1 fully saturated rings. The van der Waals surface area contributed by atoms with E-state index in [4.69, 9.17) is 9.47 Å². The molecule has 0 atom stereocenters. The molecule has 10 heteroatoms. The van der Waals surface area contributed by atoms with Gasteiger partial charge in [-0.05, 0) is 36.4 Å². The third-order valence-electron chi connectivity index (χ3n) is 4.93. The lowest BCUT2D eigenvalue weighted by Crippen LogP contribution is -2.35. The van der Waals surface area contributed by atoms with Gasteiger partial charge in [-0.15, -0.1) is 0 Å². The number of ether oxygens (including phenoxy) is 2. The highest BCUT2D eigenvalue weighted by Crippen LogP contribution is 2.34. The summed E-state index contributed by atoms with van der Waals surface area (Å²) < 4.78 is 10.5. The highest BCUT2D eigenvalue weighted by Gasteiger charge is 2.35. The van der Waals surface area contributed by atoms with Gasteiger partial charge in [0.2, 0.25) is 5.75 Å². The van der Waals surface area contributed by atoms with Crippen LogP contribution in [0.25, 0.3) is 6.08 Å². The number of amides is 2. The molecular formula is C24H17N3O7. The number of nitrogens with zero attached hydrogens (tertiary/aromatic N) is 2. The maximum absolute atomic E-state index is 12.9. The molecule has 1 heterocycles. The van der Waals surface area contributed by atoms with E-state index >= 15 is 0 Å². The van der Waals surface area contributed by atoms with Gasteiger partial charge in [-0.2, -0.15) is 0 Å². The van der Waals surface area contributed by atoms with Crippen molar-refractivity contribution in [2.45, 2.75) is 0 Å². The van der Waals surface area contributed by atoms with Gasteiger partial charge in [0.15, 0.2) is 0 Å². The minimum atomic E-state index is -0.874. The Balaban J connectivity index is 1.73. The number of hydrazine groups is 1. The summed E-state index contributed by atoms with van der Waals surface area (Å²) in [6, 6.07) is 18.4. The molecule has 2 amide bonds. The standard InChI is InChI=1S/C24H17N3O7/c1-33-18-11-5-8-16(13-18)24(30)34-21-15(7-6-12-20(21)27(31)32)14-19-22(28)25-26(23(19)29)17-9-3-2-4-10-17/h2-14H,1H3,(H,25,28)/b19-14-. The first-order chi connectivity index (χ1) is 16.4. The van der Waals surface area contributed by atoms with E-state index in [2.05, 4.69) is 5.43 Å². The van der Waals surface area contributed by atoms with E-state index in [-0.39, 0.29) is 16.7 Å². The molecule has 0 saturated carbocycles. The van der Waals surface area contributed by atoms with Crippen LogP contribution in [0, 0.1) is 10.1 Å². The summed E-state index contributed by atoms with van der Waals surface area (Å²) in [7, 11) is 1.43. The van der Waals surface area contributed by atoms with Gasteiger partial charge in [-0.3, -0.25) is 25.1 Å². The van der Waals surface area contributed by atoms with Crippen LogP contribution in [-0.2, 0) is 9.59 Å². The van der Waals surface area contributed by atoms with Gasteiger partial charge in [0.25, 0.3) is 11.8 Å². The number of hydrogen-bond donors (Lipinski definition) is 1. The van der Waals surface area contributed by atoms with E-state index in [9.17, 15) is 24.5 Å². The summed E-state index contributed by atoms with van der Waals surface area (Å²) in [6.45, 7) is 0. The fourth-order valence-corrected chi connectivity index (χ4v) is 3.28. The summed E-state index contributed by atoms with van der Waals surface area (Å²) in [6.07, 6.45) is 1.15. The Kier molecular flexibility index (Phi) is 6.04. The molecule has 0 bridgehead atoms. The number of anilines is 1. The number of esters is 1. The van der Waals surface area contributed by atoms with Crippen LogP contribution in [0.15, 0.2) is 78.4 Å². The number of carbonyl (C=O) groups excluding carboxylic acids is 3.